The summed E-state index contributed by atoms with van der Waals surface area (Å²) in [6.07, 6.45) is 15.3. The highest BCUT2D eigenvalue weighted by atomic mass is 16.7. The lowest BCUT2D eigenvalue weighted by Gasteiger charge is -2.46. The first kappa shape index (κ1) is 22.9. The summed E-state index contributed by atoms with van der Waals surface area (Å²) < 4.78 is 0. The molecule has 23 heavy (non-hydrogen) atoms. The number of hydrogen-bond donors (Lipinski definition) is 3. The standard InChI is InChI=1S/C20H42O3/c1-6-7-8-9-10-11-12-13-14-15-16-17-18(2,3)19(4,5)20(21,22)23/h21-23H,6-17H2,1-5H3. The van der Waals surface area contributed by atoms with Crippen molar-refractivity contribution >= 4 is 0 Å². The highest BCUT2D eigenvalue weighted by Gasteiger charge is 2.50. The fraction of sp³-hybridized carbons (Fsp3) is 1.00. The normalized spacial score (nSPS) is 13.6. The first-order valence-electron chi connectivity index (χ1n) is 9.73. The van der Waals surface area contributed by atoms with Crippen LogP contribution in [-0.2, 0) is 0 Å². The zero-order valence-corrected chi connectivity index (χ0v) is 16.3. The van der Waals surface area contributed by atoms with Gasteiger partial charge in [0.05, 0.1) is 5.41 Å². The molecule has 0 aromatic rings. The number of hydrogen-bond acceptors (Lipinski definition) is 3. The lowest BCUT2D eigenvalue weighted by Crippen LogP contribution is -2.52. The molecule has 0 atom stereocenters. The molecule has 0 aliphatic rings. The highest BCUT2D eigenvalue weighted by molar-refractivity contribution is 4.90. The molecule has 0 aliphatic carbocycles. The van der Waals surface area contributed by atoms with Gasteiger partial charge in [-0.25, -0.2) is 0 Å². The fourth-order valence-corrected chi connectivity index (χ4v) is 3.00. The molecule has 3 heteroatoms. The maximum Gasteiger partial charge on any atom is 0.281 e. The SMILES string of the molecule is CCCCCCCCCCCCCC(C)(C)C(C)(C)C(O)(O)O. The van der Waals surface area contributed by atoms with E-state index in [4.69, 9.17) is 0 Å². The summed E-state index contributed by atoms with van der Waals surface area (Å²) in [5.74, 6) is -2.63. The second-order valence-corrected chi connectivity index (χ2v) is 8.43. The molecule has 0 heterocycles. The van der Waals surface area contributed by atoms with Crippen LogP contribution in [0, 0.1) is 10.8 Å². The smallest absolute Gasteiger partial charge is 0.281 e. The van der Waals surface area contributed by atoms with E-state index in [2.05, 4.69) is 6.92 Å². The van der Waals surface area contributed by atoms with Crippen LogP contribution in [0.25, 0.3) is 0 Å². The molecule has 0 aromatic carbocycles. The van der Waals surface area contributed by atoms with E-state index in [9.17, 15) is 15.3 Å². The maximum absolute atomic E-state index is 9.57. The van der Waals surface area contributed by atoms with Gasteiger partial charge in [-0.1, -0.05) is 105 Å². The summed E-state index contributed by atoms with van der Waals surface area (Å²) in [6.45, 7) is 9.68. The molecule has 0 aromatic heterocycles. The molecule has 0 amide bonds. The third-order valence-electron chi connectivity index (χ3n) is 5.94. The highest BCUT2D eigenvalue weighted by Crippen LogP contribution is 2.47. The molecule has 0 saturated carbocycles. The van der Waals surface area contributed by atoms with Crippen molar-refractivity contribution in [2.24, 2.45) is 10.8 Å². The fourth-order valence-electron chi connectivity index (χ4n) is 3.00. The largest absolute Gasteiger partial charge is 0.343 e. The van der Waals surface area contributed by atoms with Gasteiger partial charge in [0.1, 0.15) is 0 Å². The Bertz CT molecular complexity index is 290. The van der Waals surface area contributed by atoms with Crippen molar-refractivity contribution in [2.75, 3.05) is 0 Å². The Hall–Kier alpha value is -0.120. The molecule has 3 N–H and O–H groups in total. The van der Waals surface area contributed by atoms with E-state index in [0.29, 0.717) is 0 Å². The Morgan fingerprint density at radius 2 is 0.913 bits per heavy atom. The van der Waals surface area contributed by atoms with Gasteiger partial charge in [0.15, 0.2) is 0 Å². The summed E-state index contributed by atoms with van der Waals surface area (Å²) in [4.78, 5) is 0. The van der Waals surface area contributed by atoms with Crippen LogP contribution >= 0.6 is 0 Å². The summed E-state index contributed by atoms with van der Waals surface area (Å²) in [6, 6.07) is 0. The van der Waals surface area contributed by atoms with E-state index in [1.807, 2.05) is 13.8 Å². The molecular formula is C20H42O3. The predicted octanol–water partition coefficient (Wildman–Crippen LogP) is 5.37. The number of rotatable bonds is 14. The first-order valence-corrected chi connectivity index (χ1v) is 9.73. The molecule has 0 radical (unpaired) electrons. The Kier molecular flexibility index (Phi) is 10.6. The number of aliphatic hydroxyl groups is 3. The summed E-state index contributed by atoms with van der Waals surface area (Å²) in [5.41, 5.74) is -1.29. The van der Waals surface area contributed by atoms with Gasteiger partial charge in [0, 0.05) is 0 Å². The Morgan fingerprint density at radius 3 is 1.26 bits per heavy atom. The second-order valence-electron chi connectivity index (χ2n) is 8.43. The quantitative estimate of drug-likeness (QED) is 0.296. The molecule has 0 saturated heterocycles. The lowest BCUT2D eigenvalue weighted by atomic mass is 9.64. The van der Waals surface area contributed by atoms with E-state index in [1.54, 1.807) is 13.8 Å². The minimum absolute atomic E-state index is 0.329. The minimum atomic E-state index is -2.63. The Balaban J connectivity index is 3.72. The number of unbranched alkanes of at least 4 members (excludes halogenated alkanes) is 10. The predicted molar refractivity (Wildman–Crippen MR) is 98.0 cm³/mol. The van der Waals surface area contributed by atoms with Crippen molar-refractivity contribution in [1.82, 2.24) is 0 Å². The molecular weight excluding hydrogens is 288 g/mol. The van der Waals surface area contributed by atoms with E-state index in [0.717, 1.165) is 12.8 Å². The van der Waals surface area contributed by atoms with Gasteiger partial charge in [0.25, 0.3) is 5.97 Å². The van der Waals surface area contributed by atoms with Crippen molar-refractivity contribution in [2.45, 2.75) is 118 Å². The van der Waals surface area contributed by atoms with E-state index in [-0.39, 0.29) is 5.41 Å². The monoisotopic (exact) mass is 330 g/mol. The van der Waals surface area contributed by atoms with Crippen LogP contribution < -0.4 is 0 Å². The average Bonchev–Trinajstić information content (AvgIpc) is 2.43. The van der Waals surface area contributed by atoms with Crippen molar-refractivity contribution in [3.63, 3.8) is 0 Å². The van der Waals surface area contributed by atoms with Crippen molar-refractivity contribution < 1.29 is 15.3 Å². The summed E-state index contributed by atoms with van der Waals surface area (Å²) in [5, 5.41) is 28.7. The average molecular weight is 331 g/mol. The lowest BCUT2D eigenvalue weighted by molar-refractivity contribution is -0.387. The summed E-state index contributed by atoms with van der Waals surface area (Å²) in [7, 11) is 0. The molecule has 0 rings (SSSR count). The van der Waals surface area contributed by atoms with E-state index < -0.39 is 11.4 Å². The van der Waals surface area contributed by atoms with E-state index >= 15 is 0 Å². The van der Waals surface area contributed by atoms with Gasteiger partial charge >= 0.3 is 0 Å². The molecule has 3 nitrogen and oxygen atoms in total. The molecule has 0 bridgehead atoms. The zero-order chi connectivity index (χ0) is 18.0. The van der Waals surface area contributed by atoms with Gasteiger partial charge in [-0.2, -0.15) is 0 Å². The maximum atomic E-state index is 9.57. The van der Waals surface area contributed by atoms with E-state index in [1.165, 1.54) is 64.2 Å². The Labute approximate surface area is 144 Å². The third kappa shape index (κ3) is 8.51. The van der Waals surface area contributed by atoms with Crippen LogP contribution in [0.4, 0.5) is 0 Å². The Morgan fingerprint density at radius 1 is 0.565 bits per heavy atom. The van der Waals surface area contributed by atoms with Crippen LogP contribution in [0.5, 0.6) is 0 Å². The van der Waals surface area contributed by atoms with Gasteiger partial charge in [-0.15, -0.1) is 0 Å². The van der Waals surface area contributed by atoms with Gasteiger partial charge in [0.2, 0.25) is 0 Å². The molecule has 0 aliphatic heterocycles. The van der Waals surface area contributed by atoms with Gasteiger partial charge < -0.3 is 15.3 Å². The molecule has 0 spiro atoms. The topological polar surface area (TPSA) is 60.7 Å². The second kappa shape index (κ2) is 10.7. The van der Waals surface area contributed by atoms with Gasteiger partial charge in [-0.05, 0) is 11.8 Å². The van der Waals surface area contributed by atoms with Crippen LogP contribution in [-0.4, -0.2) is 21.3 Å². The van der Waals surface area contributed by atoms with Crippen LogP contribution in [0.2, 0.25) is 0 Å². The third-order valence-corrected chi connectivity index (χ3v) is 5.94. The van der Waals surface area contributed by atoms with Crippen LogP contribution in [0.15, 0.2) is 0 Å². The van der Waals surface area contributed by atoms with Crippen molar-refractivity contribution in [3.05, 3.63) is 0 Å². The zero-order valence-electron chi connectivity index (χ0n) is 16.3. The molecule has 140 valence electrons. The molecule has 0 unspecified atom stereocenters. The van der Waals surface area contributed by atoms with Crippen molar-refractivity contribution in [1.29, 1.82) is 0 Å². The first-order chi connectivity index (χ1) is 10.6. The minimum Gasteiger partial charge on any atom is -0.343 e. The van der Waals surface area contributed by atoms with Gasteiger partial charge in [-0.3, -0.25) is 0 Å². The van der Waals surface area contributed by atoms with Crippen LogP contribution in [0.3, 0.4) is 0 Å². The molecule has 0 fully saturated rings. The summed E-state index contributed by atoms with van der Waals surface area (Å²) >= 11 is 0. The van der Waals surface area contributed by atoms with Crippen molar-refractivity contribution in [3.8, 4) is 0 Å². The van der Waals surface area contributed by atoms with Crippen LogP contribution in [0.1, 0.15) is 112 Å².